The number of hydrogen-bond donors (Lipinski definition) is 2. The Morgan fingerprint density at radius 1 is 0.929 bits per heavy atom. The van der Waals surface area contributed by atoms with E-state index in [4.69, 9.17) is 5.11 Å². The van der Waals surface area contributed by atoms with Gasteiger partial charge in [0.25, 0.3) is 0 Å². The first kappa shape index (κ1) is 13.9. The highest BCUT2D eigenvalue weighted by molar-refractivity contribution is 4.59. The molecule has 0 saturated carbocycles. The van der Waals surface area contributed by atoms with Crippen molar-refractivity contribution >= 4 is 0 Å². The van der Waals surface area contributed by atoms with Crippen LogP contribution in [-0.2, 0) is 0 Å². The Hall–Kier alpha value is -0.0800. The van der Waals surface area contributed by atoms with E-state index in [1.54, 1.807) is 6.92 Å². The molecule has 0 radical (unpaired) electrons. The zero-order valence-corrected chi connectivity index (χ0v) is 9.71. The lowest BCUT2D eigenvalue weighted by atomic mass is 10.0. The predicted octanol–water partition coefficient (Wildman–Crippen LogP) is 2.87. The quantitative estimate of drug-likeness (QED) is 0.564. The molecule has 0 bridgehead atoms. The zero-order chi connectivity index (χ0) is 10.8. The van der Waals surface area contributed by atoms with Gasteiger partial charge in [-0.05, 0) is 19.8 Å². The van der Waals surface area contributed by atoms with Gasteiger partial charge in [-0.1, -0.05) is 45.4 Å². The maximum atomic E-state index is 9.46. The van der Waals surface area contributed by atoms with Crippen LogP contribution in [0.3, 0.4) is 0 Å². The lowest BCUT2D eigenvalue weighted by molar-refractivity contribution is 0.0834. The molecule has 14 heavy (non-hydrogen) atoms. The molecule has 86 valence electrons. The fraction of sp³-hybridized carbons (Fsp3) is 1.00. The van der Waals surface area contributed by atoms with Crippen molar-refractivity contribution in [1.29, 1.82) is 0 Å². The molecule has 0 amide bonds. The van der Waals surface area contributed by atoms with E-state index in [-0.39, 0.29) is 12.2 Å². The van der Waals surface area contributed by atoms with Crippen LogP contribution in [0.4, 0.5) is 0 Å². The van der Waals surface area contributed by atoms with Crippen molar-refractivity contribution in [2.75, 3.05) is 0 Å². The van der Waals surface area contributed by atoms with Crippen molar-refractivity contribution in [3.8, 4) is 0 Å². The van der Waals surface area contributed by atoms with Crippen LogP contribution in [0.25, 0.3) is 0 Å². The second-order valence-corrected chi connectivity index (χ2v) is 4.29. The highest BCUT2D eigenvalue weighted by Crippen LogP contribution is 2.11. The molecule has 0 aromatic rings. The molecule has 0 aliphatic heterocycles. The van der Waals surface area contributed by atoms with Crippen LogP contribution in [0.15, 0.2) is 0 Å². The second-order valence-electron chi connectivity index (χ2n) is 4.29. The summed E-state index contributed by atoms with van der Waals surface area (Å²) in [6.07, 6.45) is 8.23. The van der Waals surface area contributed by atoms with Gasteiger partial charge in [-0.2, -0.15) is 0 Å². The molecule has 0 saturated heterocycles. The molecular weight excluding hydrogens is 176 g/mol. The van der Waals surface area contributed by atoms with Crippen molar-refractivity contribution in [3.63, 3.8) is 0 Å². The molecule has 2 nitrogen and oxygen atoms in total. The highest BCUT2D eigenvalue weighted by atomic mass is 16.3. The van der Waals surface area contributed by atoms with Gasteiger partial charge in [-0.15, -0.1) is 0 Å². The van der Waals surface area contributed by atoms with Crippen LogP contribution >= 0.6 is 0 Å². The molecule has 0 heterocycles. The van der Waals surface area contributed by atoms with Gasteiger partial charge < -0.3 is 10.2 Å². The van der Waals surface area contributed by atoms with Gasteiger partial charge in [0, 0.05) is 0 Å². The second kappa shape index (κ2) is 9.47. The van der Waals surface area contributed by atoms with Gasteiger partial charge in [0.2, 0.25) is 0 Å². The zero-order valence-electron chi connectivity index (χ0n) is 9.71. The topological polar surface area (TPSA) is 40.5 Å². The SMILES string of the molecule is CCCCCCCC[C@@H](O)C[C@@H](C)O. The minimum absolute atomic E-state index is 0.304. The number of aliphatic hydroxyl groups is 2. The standard InChI is InChI=1S/C12H26O2/c1-3-4-5-6-7-8-9-12(14)10-11(2)13/h11-14H,3-10H2,1-2H3/t11-,12-/m1/s1. The molecule has 2 heteroatoms. The molecule has 2 atom stereocenters. The third-order valence-electron chi connectivity index (χ3n) is 2.50. The number of aliphatic hydroxyl groups excluding tert-OH is 2. The van der Waals surface area contributed by atoms with E-state index in [0.29, 0.717) is 6.42 Å². The van der Waals surface area contributed by atoms with Crippen molar-refractivity contribution in [2.45, 2.75) is 77.4 Å². The monoisotopic (exact) mass is 202 g/mol. The molecule has 0 spiro atoms. The van der Waals surface area contributed by atoms with Gasteiger partial charge in [0.05, 0.1) is 12.2 Å². The average molecular weight is 202 g/mol. The molecule has 2 N–H and O–H groups in total. The van der Waals surface area contributed by atoms with Crippen LogP contribution in [0, 0.1) is 0 Å². The molecule has 0 rings (SSSR count). The summed E-state index contributed by atoms with van der Waals surface area (Å²) in [5.74, 6) is 0. The first-order chi connectivity index (χ1) is 6.66. The van der Waals surface area contributed by atoms with Gasteiger partial charge >= 0.3 is 0 Å². The number of hydrogen-bond acceptors (Lipinski definition) is 2. The number of rotatable bonds is 9. The van der Waals surface area contributed by atoms with Gasteiger partial charge in [0.1, 0.15) is 0 Å². The van der Waals surface area contributed by atoms with Crippen LogP contribution in [0.1, 0.15) is 65.2 Å². The third kappa shape index (κ3) is 10.0. The van der Waals surface area contributed by atoms with Gasteiger partial charge in [0.15, 0.2) is 0 Å². The van der Waals surface area contributed by atoms with Gasteiger partial charge in [-0.25, -0.2) is 0 Å². The summed E-state index contributed by atoms with van der Waals surface area (Å²) < 4.78 is 0. The first-order valence-corrected chi connectivity index (χ1v) is 6.03. The Morgan fingerprint density at radius 3 is 2.07 bits per heavy atom. The van der Waals surface area contributed by atoms with Crippen molar-refractivity contribution in [1.82, 2.24) is 0 Å². The fourth-order valence-corrected chi connectivity index (χ4v) is 1.67. The fourth-order valence-electron chi connectivity index (χ4n) is 1.67. The summed E-state index contributed by atoms with van der Waals surface area (Å²) in [4.78, 5) is 0. The molecule has 0 unspecified atom stereocenters. The normalized spacial score (nSPS) is 15.4. The van der Waals surface area contributed by atoms with E-state index in [2.05, 4.69) is 6.92 Å². The Bertz CT molecular complexity index is 113. The highest BCUT2D eigenvalue weighted by Gasteiger charge is 2.06. The van der Waals surface area contributed by atoms with E-state index in [1.807, 2.05) is 0 Å². The van der Waals surface area contributed by atoms with Crippen LogP contribution < -0.4 is 0 Å². The van der Waals surface area contributed by atoms with Crippen molar-refractivity contribution in [3.05, 3.63) is 0 Å². The van der Waals surface area contributed by atoms with E-state index in [0.717, 1.165) is 12.8 Å². The lowest BCUT2D eigenvalue weighted by Crippen LogP contribution is -2.14. The van der Waals surface area contributed by atoms with E-state index < -0.39 is 0 Å². The molecule has 0 fully saturated rings. The third-order valence-corrected chi connectivity index (χ3v) is 2.50. The molecule has 0 aliphatic rings. The molecular formula is C12H26O2. The Kier molecular flexibility index (Phi) is 9.42. The smallest absolute Gasteiger partial charge is 0.0564 e. The minimum atomic E-state index is -0.370. The first-order valence-electron chi connectivity index (χ1n) is 6.03. The summed E-state index contributed by atoms with van der Waals surface area (Å²) in [5, 5.41) is 18.5. The molecule has 0 aromatic heterocycles. The largest absolute Gasteiger partial charge is 0.393 e. The maximum Gasteiger partial charge on any atom is 0.0564 e. The predicted molar refractivity (Wildman–Crippen MR) is 60.3 cm³/mol. The van der Waals surface area contributed by atoms with Crippen molar-refractivity contribution < 1.29 is 10.2 Å². The van der Waals surface area contributed by atoms with Crippen LogP contribution in [0.2, 0.25) is 0 Å². The van der Waals surface area contributed by atoms with Crippen molar-refractivity contribution in [2.24, 2.45) is 0 Å². The van der Waals surface area contributed by atoms with E-state index in [9.17, 15) is 5.11 Å². The number of unbranched alkanes of at least 4 members (excludes halogenated alkanes) is 5. The Balaban J connectivity index is 3.10. The average Bonchev–Trinajstić information content (AvgIpc) is 2.10. The molecule has 0 aliphatic carbocycles. The van der Waals surface area contributed by atoms with Crippen LogP contribution in [0.5, 0.6) is 0 Å². The summed E-state index contributed by atoms with van der Waals surface area (Å²) >= 11 is 0. The Labute approximate surface area is 88.3 Å². The van der Waals surface area contributed by atoms with E-state index in [1.165, 1.54) is 32.1 Å². The van der Waals surface area contributed by atoms with Gasteiger partial charge in [-0.3, -0.25) is 0 Å². The minimum Gasteiger partial charge on any atom is -0.393 e. The summed E-state index contributed by atoms with van der Waals surface area (Å²) in [6, 6.07) is 0. The lowest BCUT2D eigenvalue weighted by Gasteiger charge is -2.11. The molecule has 0 aromatic carbocycles. The summed E-state index contributed by atoms with van der Waals surface area (Å²) in [7, 11) is 0. The Morgan fingerprint density at radius 2 is 1.50 bits per heavy atom. The van der Waals surface area contributed by atoms with E-state index >= 15 is 0 Å². The summed E-state index contributed by atoms with van der Waals surface area (Å²) in [5.41, 5.74) is 0. The van der Waals surface area contributed by atoms with Crippen LogP contribution in [-0.4, -0.2) is 22.4 Å². The maximum absolute atomic E-state index is 9.46. The summed E-state index contributed by atoms with van der Waals surface area (Å²) in [6.45, 7) is 3.94.